The summed E-state index contributed by atoms with van der Waals surface area (Å²) in [5.74, 6) is -0.183. The van der Waals surface area contributed by atoms with Gasteiger partial charge in [0.15, 0.2) is 0 Å². The van der Waals surface area contributed by atoms with Crippen LogP contribution in [-0.2, 0) is 29.2 Å². The van der Waals surface area contributed by atoms with Gasteiger partial charge in [-0.2, -0.15) is 5.10 Å². The van der Waals surface area contributed by atoms with Crippen molar-refractivity contribution < 1.29 is 14.3 Å². The fraction of sp³-hybridized carbons (Fsp3) is 0.500. The van der Waals surface area contributed by atoms with Gasteiger partial charge in [0.1, 0.15) is 0 Å². The van der Waals surface area contributed by atoms with Crippen LogP contribution < -0.4 is 0 Å². The molecule has 0 atom stereocenters. The Kier molecular flexibility index (Phi) is 6.69. The maximum absolute atomic E-state index is 12.6. The van der Waals surface area contributed by atoms with E-state index in [0.29, 0.717) is 25.1 Å². The van der Waals surface area contributed by atoms with Gasteiger partial charge in [0.2, 0.25) is 5.91 Å². The minimum absolute atomic E-state index is 0.169. The molecule has 0 radical (unpaired) electrons. The first kappa shape index (κ1) is 21.0. The molecule has 0 bridgehead atoms. The number of hydrogen-bond donors (Lipinski definition) is 0. The molecule has 3 rings (SSSR count). The van der Waals surface area contributed by atoms with Crippen molar-refractivity contribution in [1.29, 1.82) is 0 Å². The van der Waals surface area contributed by atoms with E-state index in [1.165, 1.54) is 18.4 Å². The Morgan fingerprint density at radius 2 is 1.83 bits per heavy atom. The topological polar surface area (TPSA) is 67.7 Å². The second-order valence-electron chi connectivity index (χ2n) is 7.50. The summed E-state index contributed by atoms with van der Waals surface area (Å²) in [5.41, 5.74) is 5.08. The van der Waals surface area contributed by atoms with Crippen molar-refractivity contribution in [2.24, 2.45) is 0 Å². The van der Waals surface area contributed by atoms with Gasteiger partial charge in [0.25, 0.3) is 0 Å². The Bertz CT molecular complexity index is 873. The van der Waals surface area contributed by atoms with Gasteiger partial charge in [-0.15, -0.1) is 0 Å². The minimum atomic E-state index is -0.352. The number of aryl methyl sites for hydroxylation is 2. The number of methoxy groups -OCH3 is 1. The van der Waals surface area contributed by atoms with E-state index in [2.05, 4.69) is 30.8 Å². The third-order valence-electron chi connectivity index (χ3n) is 5.64. The van der Waals surface area contributed by atoms with Gasteiger partial charge in [0.05, 0.1) is 18.4 Å². The van der Waals surface area contributed by atoms with Crippen LogP contribution in [0.2, 0.25) is 0 Å². The monoisotopic (exact) mass is 398 g/mol. The summed E-state index contributed by atoms with van der Waals surface area (Å²) in [5, 5.41) is 4.61. The first-order valence-corrected chi connectivity index (χ1v) is 10.1. The summed E-state index contributed by atoms with van der Waals surface area (Å²) in [6.07, 6.45) is 0.514. The van der Waals surface area contributed by atoms with Crippen LogP contribution in [0.4, 0.5) is 0 Å². The smallest absolute Gasteiger partial charge is 0.337 e. The van der Waals surface area contributed by atoms with E-state index in [9.17, 15) is 9.59 Å². The van der Waals surface area contributed by atoms with Gasteiger partial charge in [0, 0.05) is 56.9 Å². The zero-order valence-electron chi connectivity index (χ0n) is 17.8. The summed E-state index contributed by atoms with van der Waals surface area (Å²) in [6.45, 7) is 10.8. The summed E-state index contributed by atoms with van der Waals surface area (Å²) < 4.78 is 6.77. The average Bonchev–Trinajstić information content (AvgIpc) is 2.89. The van der Waals surface area contributed by atoms with Gasteiger partial charge in [-0.25, -0.2) is 4.79 Å². The molecule has 1 fully saturated rings. The summed E-state index contributed by atoms with van der Waals surface area (Å²) in [6, 6.07) is 7.25. The summed E-state index contributed by atoms with van der Waals surface area (Å²) in [4.78, 5) is 28.4. The normalized spacial score (nSPS) is 15.4. The van der Waals surface area contributed by atoms with Crippen LogP contribution in [0.5, 0.6) is 0 Å². The van der Waals surface area contributed by atoms with Crippen LogP contribution in [0.15, 0.2) is 24.3 Å². The highest BCUT2D eigenvalue weighted by Gasteiger charge is 2.23. The Labute approximate surface area is 172 Å². The van der Waals surface area contributed by atoms with Crippen molar-refractivity contribution in [2.75, 3.05) is 26.7 Å². The Morgan fingerprint density at radius 1 is 1.10 bits per heavy atom. The molecule has 7 nitrogen and oxygen atoms in total. The van der Waals surface area contributed by atoms with Gasteiger partial charge < -0.3 is 9.64 Å². The molecular weight excluding hydrogens is 368 g/mol. The van der Waals surface area contributed by atoms with Crippen molar-refractivity contribution >= 4 is 11.9 Å². The van der Waals surface area contributed by atoms with E-state index in [0.717, 1.165) is 37.4 Å². The number of benzene rings is 1. The van der Waals surface area contributed by atoms with Gasteiger partial charge in [-0.3, -0.25) is 14.4 Å². The standard InChI is InChI=1S/C22H30N4O3/c1-5-26-17(3)20(16(2)23-26)15-24-11-10-21(27)25(13-12-24)14-18-6-8-19(9-7-18)22(28)29-4/h6-9H,5,10-15H2,1-4H3. The molecule has 1 aliphatic rings. The maximum atomic E-state index is 12.6. The highest BCUT2D eigenvalue weighted by atomic mass is 16.5. The van der Waals surface area contributed by atoms with Crippen molar-refractivity contribution in [3.63, 3.8) is 0 Å². The fourth-order valence-electron chi connectivity index (χ4n) is 3.81. The zero-order chi connectivity index (χ0) is 21.0. The van der Waals surface area contributed by atoms with E-state index in [1.54, 1.807) is 12.1 Å². The number of ether oxygens (including phenoxy) is 1. The molecule has 0 aliphatic carbocycles. The van der Waals surface area contributed by atoms with E-state index >= 15 is 0 Å². The van der Waals surface area contributed by atoms with Crippen LogP contribution in [0.1, 0.15) is 46.2 Å². The molecule has 0 spiro atoms. The number of rotatable bonds is 6. The summed E-state index contributed by atoms with van der Waals surface area (Å²) >= 11 is 0. The molecule has 156 valence electrons. The van der Waals surface area contributed by atoms with Gasteiger partial charge in [-0.05, 0) is 38.5 Å². The fourth-order valence-corrected chi connectivity index (χ4v) is 3.81. The van der Waals surface area contributed by atoms with Gasteiger partial charge >= 0.3 is 5.97 Å². The van der Waals surface area contributed by atoms with E-state index in [1.807, 2.05) is 21.7 Å². The number of hydrogen-bond acceptors (Lipinski definition) is 5. The number of aromatic nitrogens is 2. The van der Waals surface area contributed by atoms with E-state index in [4.69, 9.17) is 4.74 Å². The lowest BCUT2D eigenvalue weighted by Gasteiger charge is -2.22. The molecule has 1 aromatic carbocycles. The highest BCUT2D eigenvalue weighted by Crippen LogP contribution is 2.18. The predicted octanol–water partition coefficient (Wildman–Crippen LogP) is 2.54. The Morgan fingerprint density at radius 3 is 2.45 bits per heavy atom. The van der Waals surface area contributed by atoms with Crippen molar-refractivity contribution in [3.05, 3.63) is 52.3 Å². The van der Waals surface area contributed by atoms with Crippen LogP contribution in [0, 0.1) is 13.8 Å². The maximum Gasteiger partial charge on any atom is 0.337 e. The summed E-state index contributed by atoms with van der Waals surface area (Å²) in [7, 11) is 1.37. The van der Waals surface area contributed by atoms with Crippen molar-refractivity contribution in [3.8, 4) is 0 Å². The SMILES string of the molecule is CCn1nc(C)c(CN2CCC(=O)N(Cc3ccc(C(=O)OC)cc3)CC2)c1C. The van der Waals surface area contributed by atoms with Crippen LogP contribution in [0.25, 0.3) is 0 Å². The van der Waals surface area contributed by atoms with Crippen LogP contribution >= 0.6 is 0 Å². The Balaban J connectivity index is 1.62. The largest absolute Gasteiger partial charge is 0.465 e. The number of nitrogens with zero attached hydrogens (tertiary/aromatic N) is 4. The van der Waals surface area contributed by atoms with Crippen molar-refractivity contribution in [1.82, 2.24) is 19.6 Å². The predicted molar refractivity (Wildman–Crippen MR) is 110 cm³/mol. The van der Waals surface area contributed by atoms with Crippen LogP contribution in [-0.4, -0.2) is 58.2 Å². The molecule has 2 heterocycles. The third kappa shape index (κ3) is 4.85. The minimum Gasteiger partial charge on any atom is -0.465 e. The Hall–Kier alpha value is -2.67. The number of amides is 1. The zero-order valence-corrected chi connectivity index (χ0v) is 17.8. The number of esters is 1. The van der Waals surface area contributed by atoms with E-state index < -0.39 is 0 Å². The molecule has 2 aromatic rings. The molecule has 1 amide bonds. The van der Waals surface area contributed by atoms with Crippen molar-refractivity contribution in [2.45, 2.75) is 46.8 Å². The molecule has 1 saturated heterocycles. The number of carbonyl (C=O) groups excluding carboxylic acids is 2. The third-order valence-corrected chi connectivity index (χ3v) is 5.64. The average molecular weight is 399 g/mol. The lowest BCUT2D eigenvalue weighted by atomic mass is 10.1. The molecular formula is C22H30N4O3. The first-order valence-electron chi connectivity index (χ1n) is 10.1. The lowest BCUT2D eigenvalue weighted by Crippen LogP contribution is -2.32. The highest BCUT2D eigenvalue weighted by molar-refractivity contribution is 5.89. The second-order valence-corrected chi connectivity index (χ2v) is 7.50. The molecule has 7 heteroatoms. The first-order chi connectivity index (χ1) is 13.9. The quantitative estimate of drug-likeness (QED) is 0.700. The molecule has 1 aliphatic heterocycles. The van der Waals surface area contributed by atoms with E-state index in [-0.39, 0.29) is 11.9 Å². The molecule has 1 aromatic heterocycles. The molecule has 0 N–H and O–H groups in total. The van der Waals surface area contributed by atoms with Crippen LogP contribution in [0.3, 0.4) is 0 Å². The molecule has 0 unspecified atom stereocenters. The molecule has 0 saturated carbocycles. The second kappa shape index (κ2) is 9.22. The van der Waals surface area contributed by atoms with Gasteiger partial charge in [-0.1, -0.05) is 12.1 Å². The lowest BCUT2D eigenvalue weighted by molar-refractivity contribution is -0.130. The number of carbonyl (C=O) groups is 2. The molecule has 29 heavy (non-hydrogen) atoms.